The van der Waals surface area contributed by atoms with Gasteiger partial charge in [-0.1, -0.05) is 18.2 Å². The maximum atomic E-state index is 9.25. The second-order valence-electron chi connectivity index (χ2n) is 5.71. The number of β-amino-alcohol motifs (C(OH)–C–C–N with tert-alkyl or cyclic N) is 2. The van der Waals surface area contributed by atoms with E-state index in [1.165, 1.54) is 0 Å². The van der Waals surface area contributed by atoms with Crippen molar-refractivity contribution in [3.05, 3.63) is 42.3 Å². The van der Waals surface area contributed by atoms with Gasteiger partial charge in [0.25, 0.3) is 0 Å². The molecule has 5 nitrogen and oxygen atoms in total. The van der Waals surface area contributed by atoms with Crippen molar-refractivity contribution in [3.63, 3.8) is 0 Å². The number of aryl methyl sites for hydroxylation is 1. The van der Waals surface area contributed by atoms with Gasteiger partial charge in [0.2, 0.25) is 0 Å². The first-order chi connectivity index (χ1) is 10.00. The Hall–Kier alpha value is -1.40. The zero-order valence-electron chi connectivity index (χ0n) is 12.7. The Morgan fingerprint density at radius 3 is 2.52 bits per heavy atom. The van der Waals surface area contributed by atoms with Crippen molar-refractivity contribution in [1.29, 1.82) is 0 Å². The fourth-order valence-corrected chi connectivity index (χ4v) is 2.84. The van der Waals surface area contributed by atoms with Crippen LogP contribution in [0.1, 0.15) is 12.5 Å². The summed E-state index contributed by atoms with van der Waals surface area (Å²) in [5.41, 5.74) is 8.03. The van der Waals surface area contributed by atoms with E-state index < -0.39 is 0 Å². The maximum Gasteiger partial charge on any atom is 0.0558 e. The molecule has 0 saturated carbocycles. The fourth-order valence-electron chi connectivity index (χ4n) is 2.84. The van der Waals surface area contributed by atoms with Gasteiger partial charge in [0, 0.05) is 38.6 Å². The number of nitrogens with two attached hydrogens (primary N) is 1. The molecule has 0 radical (unpaired) electrons. The van der Waals surface area contributed by atoms with Crippen molar-refractivity contribution >= 4 is 5.57 Å². The van der Waals surface area contributed by atoms with Crippen LogP contribution in [0.25, 0.3) is 5.57 Å². The quantitative estimate of drug-likeness (QED) is 0.661. The molecule has 0 fully saturated rings. The molecule has 0 aliphatic heterocycles. The standard InChI is InChI=1S/C16H25N3O2/c1-16(19(7-9-20)8-10-21)5-3-15(17)14(11-16)13-4-6-18(2)12-13/h3-6,11-12,15,20-21H,7-10,17H2,1-2H3. The van der Waals surface area contributed by atoms with Gasteiger partial charge in [-0.3, -0.25) is 4.90 Å². The minimum atomic E-state index is -0.355. The second-order valence-corrected chi connectivity index (χ2v) is 5.71. The molecule has 0 saturated heterocycles. The molecule has 5 heteroatoms. The third kappa shape index (κ3) is 3.44. The molecular formula is C16H25N3O2. The van der Waals surface area contributed by atoms with Gasteiger partial charge in [-0.15, -0.1) is 0 Å². The smallest absolute Gasteiger partial charge is 0.0558 e. The van der Waals surface area contributed by atoms with E-state index in [4.69, 9.17) is 5.73 Å². The number of aromatic nitrogens is 1. The lowest BCUT2D eigenvalue weighted by Crippen LogP contribution is -2.48. The second kappa shape index (κ2) is 6.58. The number of aliphatic hydroxyl groups is 2. The van der Waals surface area contributed by atoms with Crippen LogP contribution in [0.2, 0.25) is 0 Å². The molecule has 1 heterocycles. The number of rotatable bonds is 6. The Labute approximate surface area is 126 Å². The van der Waals surface area contributed by atoms with Crippen LogP contribution in [0, 0.1) is 0 Å². The third-order valence-electron chi connectivity index (χ3n) is 4.03. The van der Waals surface area contributed by atoms with Crippen LogP contribution in [-0.2, 0) is 7.05 Å². The van der Waals surface area contributed by atoms with E-state index >= 15 is 0 Å². The molecule has 2 rings (SSSR count). The molecule has 4 N–H and O–H groups in total. The molecule has 116 valence electrons. The highest BCUT2D eigenvalue weighted by Crippen LogP contribution is 2.31. The van der Waals surface area contributed by atoms with Crippen LogP contribution in [0.3, 0.4) is 0 Å². The predicted octanol–water partition coefficient (Wildman–Crippen LogP) is 0.351. The van der Waals surface area contributed by atoms with Crippen LogP contribution in [-0.4, -0.2) is 57.6 Å². The first kappa shape index (κ1) is 16.0. The molecule has 0 aromatic carbocycles. The van der Waals surface area contributed by atoms with Crippen LogP contribution < -0.4 is 5.73 Å². The fraction of sp³-hybridized carbons (Fsp3) is 0.500. The van der Waals surface area contributed by atoms with Gasteiger partial charge in [-0.2, -0.15) is 0 Å². The first-order valence-corrected chi connectivity index (χ1v) is 7.27. The normalized spacial score (nSPS) is 25.4. The number of hydrogen-bond donors (Lipinski definition) is 3. The van der Waals surface area contributed by atoms with E-state index in [-0.39, 0.29) is 24.8 Å². The first-order valence-electron chi connectivity index (χ1n) is 7.27. The summed E-state index contributed by atoms with van der Waals surface area (Å²) in [5, 5.41) is 18.5. The molecule has 0 spiro atoms. The van der Waals surface area contributed by atoms with E-state index in [0.717, 1.165) is 11.1 Å². The number of hydrogen-bond acceptors (Lipinski definition) is 4. The van der Waals surface area contributed by atoms with Gasteiger partial charge in [0.05, 0.1) is 18.8 Å². The summed E-state index contributed by atoms with van der Waals surface area (Å²) in [7, 11) is 1.98. The molecule has 21 heavy (non-hydrogen) atoms. The van der Waals surface area contributed by atoms with Gasteiger partial charge in [0.1, 0.15) is 0 Å². The average Bonchev–Trinajstić information content (AvgIpc) is 2.88. The Morgan fingerprint density at radius 2 is 2.00 bits per heavy atom. The summed E-state index contributed by atoms with van der Waals surface area (Å²) in [4.78, 5) is 2.05. The summed E-state index contributed by atoms with van der Waals surface area (Å²) >= 11 is 0. The van der Waals surface area contributed by atoms with Crippen molar-refractivity contribution in [2.75, 3.05) is 26.3 Å². The summed E-state index contributed by atoms with van der Waals surface area (Å²) in [6.45, 7) is 3.21. The van der Waals surface area contributed by atoms with E-state index in [2.05, 4.69) is 24.0 Å². The molecule has 1 aromatic rings. The lowest BCUT2D eigenvalue weighted by atomic mass is 9.85. The highest BCUT2D eigenvalue weighted by Gasteiger charge is 2.31. The van der Waals surface area contributed by atoms with Crippen molar-refractivity contribution in [3.8, 4) is 0 Å². The average molecular weight is 291 g/mol. The zero-order chi connectivity index (χ0) is 15.5. The molecular weight excluding hydrogens is 266 g/mol. The lowest BCUT2D eigenvalue weighted by molar-refractivity contribution is 0.114. The molecule has 1 aliphatic carbocycles. The van der Waals surface area contributed by atoms with Gasteiger partial charge in [0.15, 0.2) is 0 Å². The Morgan fingerprint density at radius 1 is 1.33 bits per heavy atom. The van der Waals surface area contributed by atoms with Gasteiger partial charge in [-0.05, 0) is 24.1 Å². The minimum Gasteiger partial charge on any atom is -0.395 e. The largest absolute Gasteiger partial charge is 0.395 e. The maximum absolute atomic E-state index is 9.25. The zero-order valence-corrected chi connectivity index (χ0v) is 12.7. The summed E-state index contributed by atoms with van der Waals surface area (Å²) in [6.07, 6.45) is 10.2. The van der Waals surface area contributed by atoms with Crippen molar-refractivity contribution in [1.82, 2.24) is 9.47 Å². The SMILES string of the molecule is Cn1ccc(C2=CC(C)(N(CCO)CCO)C=CC2N)c1. The van der Waals surface area contributed by atoms with Gasteiger partial charge >= 0.3 is 0 Å². The van der Waals surface area contributed by atoms with Crippen LogP contribution >= 0.6 is 0 Å². The lowest BCUT2D eigenvalue weighted by Gasteiger charge is -2.39. The molecule has 0 amide bonds. The highest BCUT2D eigenvalue weighted by atomic mass is 16.3. The summed E-state index contributed by atoms with van der Waals surface area (Å²) < 4.78 is 2.00. The van der Waals surface area contributed by atoms with Crippen LogP contribution in [0.15, 0.2) is 36.7 Å². The number of nitrogens with zero attached hydrogens (tertiary/aromatic N) is 2. The van der Waals surface area contributed by atoms with Crippen molar-refractivity contribution < 1.29 is 10.2 Å². The van der Waals surface area contributed by atoms with Crippen molar-refractivity contribution in [2.24, 2.45) is 12.8 Å². The topological polar surface area (TPSA) is 74.6 Å². The molecule has 1 aliphatic rings. The molecule has 1 aromatic heterocycles. The van der Waals surface area contributed by atoms with Crippen LogP contribution in [0.4, 0.5) is 0 Å². The minimum absolute atomic E-state index is 0.0595. The van der Waals surface area contributed by atoms with Crippen LogP contribution in [0.5, 0.6) is 0 Å². The van der Waals surface area contributed by atoms with E-state index in [1.807, 2.05) is 36.2 Å². The monoisotopic (exact) mass is 291 g/mol. The highest BCUT2D eigenvalue weighted by molar-refractivity contribution is 5.74. The number of aliphatic hydroxyl groups excluding tert-OH is 2. The van der Waals surface area contributed by atoms with E-state index in [0.29, 0.717) is 13.1 Å². The Kier molecular flexibility index (Phi) is 5.00. The predicted molar refractivity (Wildman–Crippen MR) is 84.7 cm³/mol. The Bertz CT molecular complexity index is 529. The van der Waals surface area contributed by atoms with E-state index in [9.17, 15) is 10.2 Å². The Balaban J connectivity index is 2.34. The van der Waals surface area contributed by atoms with Gasteiger partial charge in [-0.25, -0.2) is 0 Å². The molecule has 2 atom stereocenters. The molecule has 0 bridgehead atoms. The van der Waals surface area contributed by atoms with Crippen molar-refractivity contribution in [2.45, 2.75) is 18.5 Å². The van der Waals surface area contributed by atoms with Gasteiger partial charge < -0.3 is 20.5 Å². The molecule has 2 unspecified atom stereocenters. The summed E-state index contributed by atoms with van der Waals surface area (Å²) in [6, 6.07) is 1.92. The third-order valence-corrected chi connectivity index (χ3v) is 4.03. The summed E-state index contributed by atoms with van der Waals surface area (Å²) in [5.74, 6) is 0. The van der Waals surface area contributed by atoms with E-state index in [1.54, 1.807) is 0 Å².